The highest BCUT2D eigenvalue weighted by molar-refractivity contribution is 5.71. The van der Waals surface area contributed by atoms with Gasteiger partial charge >= 0.3 is 0 Å². The van der Waals surface area contributed by atoms with Gasteiger partial charge < -0.3 is 4.90 Å². The zero-order valence-corrected chi connectivity index (χ0v) is 12.1. The Labute approximate surface area is 114 Å². The number of benzene rings is 1. The summed E-state index contributed by atoms with van der Waals surface area (Å²) in [6.07, 6.45) is 4.00. The van der Waals surface area contributed by atoms with Gasteiger partial charge in [-0.05, 0) is 37.1 Å². The van der Waals surface area contributed by atoms with Crippen molar-refractivity contribution in [3.63, 3.8) is 0 Å². The Balaban J connectivity index is 2.03. The molecular formula is C16H21N3. The summed E-state index contributed by atoms with van der Waals surface area (Å²) in [5.74, 6) is 0.606. The summed E-state index contributed by atoms with van der Waals surface area (Å²) in [4.78, 5) is 2.49. The molecule has 0 saturated heterocycles. The highest BCUT2D eigenvalue weighted by Gasteiger charge is 2.27. The number of aromatic nitrogens is 2. The molecule has 0 N–H and O–H groups in total. The fourth-order valence-electron chi connectivity index (χ4n) is 2.94. The van der Waals surface area contributed by atoms with Gasteiger partial charge in [-0.3, -0.25) is 4.68 Å². The van der Waals surface area contributed by atoms with Crippen LogP contribution in [0.3, 0.4) is 0 Å². The molecule has 0 amide bonds. The second kappa shape index (κ2) is 4.41. The summed E-state index contributed by atoms with van der Waals surface area (Å²) in [6.45, 7) is 7.96. The van der Waals surface area contributed by atoms with Crippen LogP contribution in [0, 0.1) is 0 Å². The van der Waals surface area contributed by atoms with Crippen LogP contribution in [-0.4, -0.2) is 22.4 Å². The molecule has 0 fully saturated rings. The van der Waals surface area contributed by atoms with Crippen LogP contribution in [0.25, 0.3) is 11.1 Å². The average Bonchev–Trinajstić information content (AvgIpc) is 2.94. The summed E-state index contributed by atoms with van der Waals surface area (Å²) < 4.78 is 1.85. The van der Waals surface area contributed by atoms with Crippen molar-refractivity contribution in [2.75, 3.05) is 11.4 Å². The molecule has 2 heterocycles. The van der Waals surface area contributed by atoms with E-state index >= 15 is 0 Å². The third-order valence-electron chi connectivity index (χ3n) is 4.00. The monoisotopic (exact) mass is 255 g/mol. The third kappa shape index (κ3) is 2.03. The maximum absolute atomic E-state index is 4.26. The van der Waals surface area contributed by atoms with Crippen LogP contribution in [0.2, 0.25) is 0 Å². The molecule has 1 aromatic heterocycles. The Hall–Kier alpha value is -1.77. The molecule has 0 radical (unpaired) electrons. The van der Waals surface area contributed by atoms with Crippen molar-refractivity contribution < 1.29 is 0 Å². The van der Waals surface area contributed by atoms with Crippen LogP contribution in [0.5, 0.6) is 0 Å². The zero-order chi connectivity index (χ0) is 13.6. The van der Waals surface area contributed by atoms with Gasteiger partial charge in [-0.1, -0.05) is 13.0 Å². The Kier molecular flexibility index (Phi) is 2.85. The van der Waals surface area contributed by atoms with E-state index in [-0.39, 0.29) is 0 Å². The normalized spacial score (nSPS) is 18.2. The molecule has 0 unspecified atom stereocenters. The van der Waals surface area contributed by atoms with Gasteiger partial charge in [0.15, 0.2) is 0 Å². The molecule has 0 saturated carbocycles. The number of hydrogen-bond donors (Lipinski definition) is 0. The Morgan fingerprint density at radius 2 is 2.05 bits per heavy atom. The van der Waals surface area contributed by atoms with E-state index in [0.717, 1.165) is 6.54 Å². The molecule has 100 valence electrons. The molecule has 1 atom stereocenters. The first-order valence-corrected chi connectivity index (χ1v) is 6.96. The Morgan fingerprint density at radius 3 is 2.68 bits per heavy atom. The molecule has 3 nitrogen and oxygen atoms in total. The lowest BCUT2D eigenvalue weighted by Gasteiger charge is -2.24. The van der Waals surface area contributed by atoms with Gasteiger partial charge in [0.25, 0.3) is 0 Å². The number of nitrogens with zero attached hydrogens (tertiary/aromatic N) is 3. The predicted molar refractivity (Wildman–Crippen MR) is 79.5 cm³/mol. The van der Waals surface area contributed by atoms with Crippen molar-refractivity contribution in [2.45, 2.75) is 32.7 Å². The molecule has 1 aliphatic heterocycles. The van der Waals surface area contributed by atoms with Crippen molar-refractivity contribution in [2.24, 2.45) is 7.05 Å². The minimum Gasteiger partial charge on any atom is -0.368 e. The highest BCUT2D eigenvalue weighted by atomic mass is 15.2. The molecule has 0 aliphatic carbocycles. The van der Waals surface area contributed by atoms with Crippen LogP contribution in [0.1, 0.15) is 32.3 Å². The minimum atomic E-state index is 0.563. The van der Waals surface area contributed by atoms with Crippen LogP contribution < -0.4 is 4.90 Å². The van der Waals surface area contributed by atoms with Crippen LogP contribution in [0.4, 0.5) is 5.69 Å². The van der Waals surface area contributed by atoms with Gasteiger partial charge in [0.05, 0.1) is 6.20 Å². The molecule has 3 heteroatoms. The smallest absolute Gasteiger partial charge is 0.0568 e. The quantitative estimate of drug-likeness (QED) is 0.820. The average molecular weight is 255 g/mol. The molecule has 2 aromatic rings. The predicted octanol–water partition coefficient (Wildman–Crippen LogP) is 3.42. The maximum Gasteiger partial charge on any atom is 0.0568 e. The summed E-state index contributed by atoms with van der Waals surface area (Å²) >= 11 is 0. The van der Waals surface area contributed by atoms with Crippen molar-refractivity contribution in [1.29, 1.82) is 0 Å². The molecule has 1 aromatic carbocycles. The highest BCUT2D eigenvalue weighted by Crippen LogP contribution is 2.39. The topological polar surface area (TPSA) is 21.1 Å². The number of fused-ring (bicyclic) bond motifs is 1. The van der Waals surface area contributed by atoms with E-state index in [0.29, 0.717) is 12.0 Å². The van der Waals surface area contributed by atoms with E-state index in [4.69, 9.17) is 0 Å². The fourth-order valence-corrected chi connectivity index (χ4v) is 2.94. The SMILES string of the molecule is CC(C)N1C[C@H](C)c2cc(-c3cnn(C)c3)ccc21. The van der Waals surface area contributed by atoms with E-state index < -0.39 is 0 Å². The third-order valence-corrected chi connectivity index (χ3v) is 4.00. The Morgan fingerprint density at radius 1 is 1.26 bits per heavy atom. The van der Waals surface area contributed by atoms with E-state index in [1.165, 1.54) is 22.4 Å². The van der Waals surface area contributed by atoms with Crippen molar-refractivity contribution in [3.8, 4) is 11.1 Å². The van der Waals surface area contributed by atoms with E-state index in [2.05, 4.69) is 55.2 Å². The summed E-state index contributed by atoms with van der Waals surface area (Å²) in [5.41, 5.74) is 5.33. The number of aryl methyl sites for hydroxylation is 1. The van der Waals surface area contributed by atoms with E-state index in [1.807, 2.05) is 17.9 Å². The van der Waals surface area contributed by atoms with E-state index in [1.54, 1.807) is 0 Å². The number of anilines is 1. The second-order valence-corrected chi connectivity index (χ2v) is 5.82. The van der Waals surface area contributed by atoms with Crippen molar-refractivity contribution >= 4 is 5.69 Å². The van der Waals surface area contributed by atoms with Gasteiger partial charge in [-0.25, -0.2) is 0 Å². The second-order valence-electron chi connectivity index (χ2n) is 5.82. The van der Waals surface area contributed by atoms with Crippen LogP contribution >= 0.6 is 0 Å². The van der Waals surface area contributed by atoms with Crippen molar-refractivity contribution in [1.82, 2.24) is 9.78 Å². The van der Waals surface area contributed by atoms with Crippen LogP contribution in [0.15, 0.2) is 30.6 Å². The molecule has 1 aliphatic rings. The lowest BCUT2D eigenvalue weighted by Crippen LogP contribution is -2.28. The first-order chi connectivity index (χ1) is 9.06. The molecule has 0 bridgehead atoms. The largest absolute Gasteiger partial charge is 0.368 e. The minimum absolute atomic E-state index is 0.563. The molecule has 3 rings (SSSR count). The van der Waals surface area contributed by atoms with Gasteiger partial charge in [-0.2, -0.15) is 5.10 Å². The maximum atomic E-state index is 4.26. The van der Waals surface area contributed by atoms with E-state index in [9.17, 15) is 0 Å². The first kappa shape index (κ1) is 12.3. The van der Waals surface area contributed by atoms with Crippen molar-refractivity contribution in [3.05, 3.63) is 36.2 Å². The molecule has 19 heavy (non-hydrogen) atoms. The van der Waals surface area contributed by atoms with Gasteiger partial charge in [0.2, 0.25) is 0 Å². The number of hydrogen-bond acceptors (Lipinski definition) is 2. The fraction of sp³-hybridized carbons (Fsp3) is 0.438. The molecular weight excluding hydrogens is 234 g/mol. The summed E-state index contributed by atoms with van der Waals surface area (Å²) in [6, 6.07) is 7.37. The van der Waals surface area contributed by atoms with Crippen LogP contribution in [-0.2, 0) is 7.05 Å². The zero-order valence-electron chi connectivity index (χ0n) is 12.1. The summed E-state index contributed by atoms with van der Waals surface area (Å²) in [7, 11) is 1.96. The lowest BCUT2D eigenvalue weighted by atomic mass is 9.99. The Bertz CT molecular complexity index is 598. The standard InChI is InChI=1S/C16H21N3/c1-11(2)19-9-12(3)15-7-13(5-6-16(15)19)14-8-17-18(4)10-14/h5-8,10-12H,9H2,1-4H3/t12-/m0/s1. The number of rotatable bonds is 2. The molecule has 0 spiro atoms. The van der Waals surface area contributed by atoms with Gasteiger partial charge in [0, 0.05) is 43.0 Å². The van der Waals surface area contributed by atoms with Gasteiger partial charge in [0.1, 0.15) is 0 Å². The van der Waals surface area contributed by atoms with Gasteiger partial charge in [-0.15, -0.1) is 0 Å². The lowest BCUT2D eigenvalue weighted by molar-refractivity contribution is 0.670. The summed E-state index contributed by atoms with van der Waals surface area (Å²) in [5, 5.41) is 4.26. The first-order valence-electron chi connectivity index (χ1n) is 6.96.